The van der Waals surface area contributed by atoms with Gasteiger partial charge in [-0.2, -0.15) is 0 Å². The van der Waals surface area contributed by atoms with Crippen molar-refractivity contribution in [2.45, 2.75) is 31.5 Å². The number of benzene rings is 3. The van der Waals surface area contributed by atoms with Crippen LogP contribution in [0.5, 0.6) is 5.75 Å². The molecule has 0 aliphatic rings. The lowest BCUT2D eigenvalue weighted by Crippen LogP contribution is -2.16. The van der Waals surface area contributed by atoms with E-state index in [1.54, 1.807) is 18.2 Å². The Hall–Kier alpha value is -4.42. The summed E-state index contributed by atoms with van der Waals surface area (Å²) in [6.07, 6.45) is -1.73. The molecule has 0 radical (unpaired) electrons. The molecule has 2 heterocycles. The zero-order chi connectivity index (χ0) is 30.2. The Labute approximate surface area is 240 Å². The first-order valence-corrected chi connectivity index (χ1v) is 14.7. The summed E-state index contributed by atoms with van der Waals surface area (Å²) in [5.74, 6) is 0.854. The maximum atomic E-state index is 12.7. The van der Waals surface area contributed by atoms with Crippen LogP contribution in [0.4, 0.5) is 13.2 Å². The molecule has 42 heavy (non-hydrogen) atoms. The first kappa shape index (κ1) is 29.1. The number of halogens is 3. The van der Waals surface area contributed by atoms with Gasteiger partial charge in [-0.25, -0.2) is 18.4 Å². The fourth-order valence-corrected chi connectivity index (χ4v) is 5.30. The fourth-order valence-electron chi connectivity index (χ4n) is 4.64. The highest BCUT2D eigenvalue weighted by Crippen LogP contribution is 2.40. The molecule has 8 nitrogen and oxygen atoms in total. The molecule has 2 aromatic heterocycles. The topological polar surface area (TPSA) is 107 Å². The van der Waals surface area contributed by atoms with Gasteiger partial charge in [-0.3, -0.25) is 0 Å². The molecule has 1 N–H and O–H groups in total. The maximum Gasteiger partial charge on any atom is 0.573 e. The summed E-state index contributed by atoms with van der Waals surface area (Å²) in [7, 11) is -3.46. The number of hydrogen-bond acceptors (Lipinski definition) is 7. The Balaban J connectivity index is 1.72. The van der Waals surface area contributed by atoms with E-state index < -0.39 is 16.2 Å². The van der Waals surface area contributed by atoms with E-state index in [0.717, 1.165) is 11.9 Å². The summed E-state index contributed by atoms with van der Waals surface area (Å²) < 4.78 is 74.7. The predicted molar refractivity (Wildman–Crippen MR) is 150 cm³/mol. The molecule has 0 bridgehead atoms. The van der Waals surface area contributed by atoms with Gasteiger partial charge in [0.1, 0.15) is 17.3 Å². The van der Waals surface area contributed by atoms with Crippen LogP contribution in [0.3, 0.4) is 0 Å². The molecular weight excluding hydrogens is 571 g/mol. The quantitative estimate of drug-likeness (QED) is 0.223. The average Bonchev–Trinajstić information content (AvgIpc) is 3.49. The largest absolute Gasteiger partial charge is 0.573 e. The van der Waals surface area contributed by atoms with Crippen LogP contribution >= 0.6 is 0 Å². The van der Waals surface area contributed by atoms with Crippen molar-refractivity contribution in [1.29, 1.82) is 0 Å². The number of sulfone groups is 1. The molecule has 0 atom stereocenters. The van der Waals surface area contributed by atoms with Crippen LogP contribution in [0.25, 0.3) is 39.4 Å². The number of aromatic nitrogens is 3. The first-order chi connectivity index (χ1) is 19.8. The van der Waals surface area contributed by atoms with Crippen LogP contribution in [0.1, 0.15) is 17.4 Å². The van der Waals surface area contributed by atoms with Gasteiger partial charge in [0, 0.05) is 30.0 Å². The number of alkyl halides is 3. The molecule has 5 rings (SSSR count). The fraction of sp³-hybridized carbons (Fsp3) is 0.200. The monoisotopic (exact) mass is 597 g/mol. The van der Waals surface area contributed by atoms with Crippen LogP contribution in [0.15, 0.2) is 82.2 Å². The second-order valence-electron chi connectivity index (χ2n) is 9.66. The molecule has 0 saturated carbocycles. The summed E-state index contributed by atoms with van der Waals surface area (Å²) in [6.45, 7) is 3.47. The molecule has 0 aliphatic heterocycles. The summed E-state index contributed by atoms with van der Waals surface area (Å²) >= 11 is 0. The van der Waals surface area contributed by atoms with Crippen molar-refractivity contribution in [3.63, 3.8) is 0 Å². The lowest BCUT2D eigenvalue weighted by molar-refractivity contribution is -0.274. The molecule has 0 amide bonds. The van der Waals surface area contributed by atoms with E-state index in [0.29, 0.717) is 45.2 Å². The number of imidazole rings is 1. The van der Waals surface area contributed by atoms with Crippen molar-refractivity contribution in [3.05, 3.63) is 90.3 Å². The minimum atomic E-state index is -4.83. The first-order valence-electron chi connectivity index (χ1n) is 12.8. The van der Waals surface area contributed by atoms with Crippen molar-refractivity contribution in [2.75, 3.05) is 12.9 Å². The predicted octanol–water partition coefficient (Wildman–Crippen LogP) is 6.32. The van der Waals surface area contributed by atoms with Gasteiger partial charge in [0.2, 0.25) is 0 Å². The van der Waals surface area contributed by atoms with Crippen molar-refractivity contribution in [3.8, 4) is 45.1 Å². The van der Waals surface area contributed by atoms with E-state index in [2.05, 4.69) is 14.7 Å². The van der Waals surface area contributed by atoms with E-state index >= 15 is 0 Å². The highest BCUT2D eigenvalue weighted by atomic mass is 32.2. The normalized spacial score (nSPS) is 12.1. The standard InChI is InChI=1S/C30H26F3N3O5S/c1-18-17-36(19(2)34-18)26-12-9-22(21-5-4-6-24(15-21)42(3,38)39)16-25(26)29-28(35-27(40-29)13-14-37)20-7-10-23(11-8-20)41-30(31,32)33/h4-12,15-17,37H,13-14H2,1-3H3. The van der Waals surface area contributed by atoms with Crippen LogP contribution in [0.2, 0.25) is 0 Å². The lowest BCUT2D eigenvalue weighted by atomic mass is 9.98. The minimum absolute atomic E-state index is 0.108. The van der Waals surface area contributed by atoms with E-state index in [1.807, 2.05) is 42.8 Å². The van der Waals surface area contributed by atoms with Crippen LogP contribution < -0.4 is 4.74 Å². The number of aliphatic hydroxyl groups excluding tert-OH is 1. The van der Waals surface area contributed by atoms with Gasteiger partial charge in [-0.1, -0.05) is 18.2 Å². The Bertz CT molecular complexity index is 1860. The molecule has 0 fully saturated rings. The number of rotatable bonds is 8. The average molecular weight is 598 g/mol. The molecule has 0 aliphatic carbocycles. The second kappa shape index (κ2) is 11.1. The number of aliphatic hydroxyl groups is 1. The van der Waals surface area contributed by atoms with Gasteiger partial charge in [-0.15, -0.1) is 13.2 Å². The zero-order valence-electron chi connectivity index (χ0n) is 22.8. The lowest BCUT2D eigenvalue weighted by Gasteiger charge is -2.14. The summed E-state index contributed by atoms with van der Waals surface area (Å²) in [4.78, 5) is 9.24. The smallest absolute Gasteiger partial charge is 0.440 e. The molecule has 0 spiro atoms. The molecule has 5 aromatic rings. The van der Waals surface area contributed by atoms with Gasteiger partial charge < -0.3 is 18.8 Å². The number of hydrogen-bond donors (Lipinski definition) is 1. The molecule has 12 heteroatoms. The van der Waals surface area contributed by atoms with Gasteiger partial charge in [0.05, 0.1) is 22.9 Å². The summed E-state index contributed by atoms with van der Waals surface area (Å²) in [5, 5.41) is 9.58. The third-order valence-corrected chi connectivity index (χ3v) is 7.57. The highest BCUT2D eigenvalue weighted by Gasteiger charge is 2.31. The third kappa shape index (κ3) is 6.24. The number of oxazole rings is 1. The molecule has 218 valence electrons. The van der Waals surface area contributed by atoms with Crippen molar-refractivity contribution in [1.82, 2.24) is 14.5 Å². The molecular formula is C30H26F3N3O5S. The van der Waals surface area contributed by atoms with Crippen molar-refractivity contribution in [2.24, 2.45) is 0 Å². The maximum absolute atomic E-state index is 12.7. The number of aryl methyl sites for hydroxylation is 2. The second-order valence-corrected chi connectivity index (χ2v) is 11.7. The van der Waals surface area contributed by atoms with Gasteiger partial charge in [0.25, 0.3) is 0 Å². The third-order valence-electron chi connectivity index (χ3n) is 6.46. The van der Waals surface area contributed by atoms with Crippen LogP contribution in [0, 0.1) is 13.8 Å². The van der Waals surface area contributed by atoms with Crippen LogP contribution in [-0.2, 0) is 16.3 Å². The molecule has 0 saturated heterocycles. The molecule has 0 unspecified atom stereocenters. The van der Waals surface area contributed by atoms with E-state index in [-0.39, 0.29) is 29.6 Å². The summed E-state index contributed by atoms with van der Waals surface area (Å²) in [5.41, 5.74) is 4.17. The van der Waals surface area contributed by atoms with Crippen molar-refractivity contribution >= 4 is 9.84 Å². The van der Waals surface area contributed by atoms with Crippen molar-refractivity contribution < 1.29 is 35.8 Å². The Morgan fingerprint density at radius 1 is 0.952 bits per heavy atom. The van der Waals surface area contributed by atoms with Gasteiger partial charge >= 0.3 is 6.36 Å². The molecule has 3 aromatic carbocycles. The SMILES string of the molecule is Cc1cn(-c2ccc(-c3cccc(S(C)(=O)=O)c3)cc2-c2oc(CCO)nc2-c2ccc(OC(F)(F)F)cc2)c(C)n1. The van der Waals surface area contributed by atoms with E-state index in [4.69, 9.17) is 4.42 Å². The van der Waals surface area contributed by atoms with E-state index in [9.17, 15) is 26.7 Å². The zero-order valence-corrected chi connectivity index (χ0v) is 23.6. The highest BCUT2D eigenvalue weighted by molar-refractivity contribution is 7.90. The van der Waals surface area contributed by atoms with Gasteiger partial charge in [0.15, 0.2) is 21.5 Å². The Kier molecular flexibility index (Phi) is 7.69. The minimum Gasteiger partial charge on any atom is -0.440 e. The number of nitrogens with zero attached hydrogens (tertiary/aromatic N) is 3. The summed E-state index contributed by atoms with van der Waals surface area (Å²) in [6, 6.07) is 17.3. The number of ether oxygens (including phenoxy) is 1. The van der Waals surface area contributed by atoms with Gasteiger partial charge in [-0.05, 0) is 73.5 Å². The van der Waals surface area contributed by atoms with E-state index in [1.165, 1.54) is 30.3 Å². The Morgan fingerprint density at radius 3 is 2.26 bits per heavy atom. The Morgan fingerprint density at radius 2 is 1.64 bits per heavy atom. The van der Waals surface area contributed by atoms with Crippen LogP contribution in [-0.4, -0.2) is 47.3 Å².